The van der Waals surface area contributed by atoms with Gasteiger partial charge in [0.2, 0.25) is 0 Å². The predicted molar refractivity (Wildman–Crippen MR) is 76.4 cm³/mol. The number of rotatable bonds is 5. The summed E-state index contributed by atoms with van der Waals surface area (Å²) in [7, 11) is -4.64. The highest BCUT2D eigenvalue weighted by Gasteiger charge is 2.15. The SMILES string of the molecule is CCC(N)(CC)CC.O=S(=O)(O)Oc1ccccc1F. The molecule has 1 aromatic rings. The van der Waals surface area contributed by atoms with Crippen LogP contribution >= 0.6 is 0 Å². The lowest BCUT2D eigenvalue weighted by Crippen LogP contribution is -2.37. The Kier molecular flexibility index (Phi) is 7.70. The topological polar surface area (TPSA) is 89.6 Å². The van der Waals surface area contributed by atoms with E-state index in [1.807, 2.05) is 0 Å². The van der Waals surface area contributed by atoms with E-state index in [4.69, 9.17) is 10.3 Å². The van der Waals surface area contributed by atoms with Gasteiger partial charge in [0, 0.05) is 5.54 Å². The molecule has 1 rings (SSSR count). The molecule has 0 aliphatic carbocycles. The minimum absolute atomic E-state index is 0.125. The first-order chi connectivity index (χ1) is 9.17. The second-order valence-corrected chi connectivity index (χ2v) is 5.39. The van der Waals surface area contributed by atoms with Gasteiger partial charge in [-0.25, -0.2) is 4.39 Å². The molecule has 0 atom stereocenters. The van der Waals surface area contributed by atoms with Crippen molar-refractivity contribution < 1.29 is 21.5 Å². The van der Waals surface area contributed by atoms with Crippen molar-refractivity contribution in [2.45, 2.75) is 45.6 Å². The Hall–Kier alpha value is -1.18. The zero-order valence-corrected chi connectivity index (χ0v) is 12.8. The molecule has 0 aliphatic heterocycles. The maximum atomic E-state index is 12.6. The summed E-state index contributed by atoms with van der Waals surface area (Å²) in [5.74, 6) is -1.38. The zero-order valence-electron chi connectivity index (χ0n) is 12.0. The summed E-state index contributed by atoms with van der Waals surface area (Å²) in [4.78, 5) is 0. The van der Waals surface area contributed by atoms with Gasteiger partial charge >= 0.3 is 10.4 Å². The summed E-state index contributed by atoms with van der Waals surface area (Å²) in [6.07, 6.45) is 3.29. The van der Waals surface area contributed by atoms with Gasteiger partial charge in [-0.15, -0.1) is 0 Å². The Balaban J connectivity index is 0.000000396. The van der Waals surface area contributed by atoms with E-state index in [0.29, 0.717) is 0 Å². The van der Waals surface area contributed by atoms with Crippen molar-refractivity contribution in [3.8, 4) is 5.75 Å². The highest BCUT2D eigenvalue weighted by molar-refractivity contribution is 7.81. The van der Waals surface area contributed by atoms with Crippen molar-refractivity contribution >= 4 is 10.4 Å². The van der Waals surface area contributed by atoms with Gasteiger partial charge < -0.3 is 9.92 Å². The first-order valence-electron chi connectivity index (χ1n) is 6.37. The second kappa shape index (κ2) is 8.18. The van der Waals surface area contributed by atoms with Crippen molar-refractivity contribution in [1.29, 1.82) is 0 Å². The molecular formula is C13H22FNO4S. The third kappa shape index (κ3) is 7.42. The van der Waals surface area contributed by atoms with E-state index in [2.05, 4.69) is 25.0 Å². The van der Waals surface area contributed by atoms with E-state index >= 15 is 0 Å². The first-order valence-corrected chi connectivity index (χ1v) is 7.74. The van der Waals surface area contributed by atoms with Gasteiger partial charge in [-0.2, -0.15) is 8.42 Å². The maximum Gasteiger partial charge on any atom is 0.446 e. The summed E-state index contributed by atoms with van der Waals surface area (Å²) in [5.41, 5.74) is 6.02. The van der Waals surface area contributed by atoms with Gasteiger partial charge in [-0.05, 0) is 31.4 Å². The van der Waals surface area contributed by atoms with Gasteiger partial charge in [-0.3, -0.25) is 4.55 Å². The lowest BCUT2D eigenvalue weighted by atomic mass is 9.92. The van der Waals surface area contributed by atoms with Crippen LogP contribution in [0.3, 0.4) is 0 Å². The van der Waals surface area contributed by atoms with Crippen molar-refractivity contribution in [3.63, 3.8) is 0 Å². The molecule has 0 radical (unpaired) electrons. The van der Waals surface area contributed by atoms with Crippen LogP contribution in [-0.4, -0.2) is 18.5 Å². The van der Waals surface area contributed by atoms with E-state index in [9.17, 15) is 12.8 Å². The second-order valence-electron chi connectivity index (χ2n) is 4.36. The molecule has 0 amide bonds. The molecule has 7 heteroatoms. The van der Waals surface area contributed by atoms with Crippen LogP contribution in [0.25, 0.3) is 0 Å². The molecular weight excluding hydrogens is 285 g/mol. The van der Waals surface area contributed by atoms with Gasteiger partial charge in [-0.1, -0.05) is 32.9 Å². The van der Waals surface area contributed by atoms with Crippen LogP contribution in [0.2, 0.25) is 0 Å². The average molecular weight is 307 g/mol. The fourth-order valence-corrected chi connectivity index (χ4v) is 1.74. The Morgan fingerprint density at radius 2 is 1.65 bits per heavy atom. The van der Waals surface area contributed by atoms with Crippen molar-refractivity contribution in [3.05, 3.63) is 30.1 Å². The van der Waals surface area contributed by atoms with Crippen LogP contribution in [0.1, 0.15) is 40.0 Å². The minimum atomic E-state index is -4.64. The third-order valence-corrected chi connectivity index (χ3v) is 3.53. The number of halogens is 1. The normalized spacial score (nSPS) is 11.5. The minimum Gasteiger partial charge on any atom is -0.359 e. The first kappa shape index (κ1) is 18.8. The van der Waals surface area contributed by atoms with Gasteiger partial charge in [0.1, 0.15) is 0 Å². The number of hydrogen-bond donors (Lipinski definition) is 2. The standard InChI is InChI=1S/C7H17N.C6H5FO4S/c1-4-7(8,5-2)6-3;7-5-3-1-2-4-6(5)11-12(8,9)10/h4-6,8H2,1-3H3;1-4H,(H,8,9,10). The summed E-state index contributed by atoms with van der Waals surface area (Å²) >= 11 is 0. The van der Waals surface area contributed by atoms with Crippen LogP contribution in [-0.2, 0) is 10.4 Å². The highest BCUT2D eigenvalue weighted by atomic mass is 32.3. The van der Waals surface area contributed by atoms with Crippen molar-refractivity contribution in [1.82, 2.24) is 0 Å². The predicted octanol–water partition coefficient (Wildman–Crippen LogP) is 2.92. The fourth-order valence-electron chi connectivity index (χ4n) is 1.38. The molecule has 116 valence electrons. The smallest absolute Gasteiger partial charge is 0.359 e. The van der Waals surface area contributed by atoms with Crippen molar-refractivity contribution in [2.75, 3.05) is 0 Å². The number of hydrogen-bond acceptors (Lipinski definition) is 4. The van der Waals surface area contributed by atoms with E-state index in [1.165, 1.54) is 12.1 Å². The van der Waals surface area contributed by atoms with Crippen LogP contribution in [0.15, 0.2) is 24.3 Å². The maximum absolute atomic E-state index is 12.6. The molecule has 20 heavy (non-hydrogen) atoms. The summed E-state index contributed by atoms with van der Waals surface area (Å²) in [6.45, 7) is 6.44. The zero-order chi connectivity index (χ0) is 15.8. The molecule has 0 heterocycles. The number of nitrogens with two attached hydrogens (primary N) is 1. The molecule has 5 nitrogen and oxygen atoms in total. The molecule has 0 saturated heterocycles. The monoisotopic (exact) mass is 307 g/mol. The lowest BCUT2D eigenvalue weighted by molar-refractivity contribution is 0.376. The van der Waals surface area contributed by atoms with Crippen molar-refractivity contribution in [2.24, 2.45) is 5.73 Å². The Bertz CT molecular complexity index is 493. The van der Waals surface area contributed by atoms with E-state index in [-0.39, 0.29) is 5.54 Å². The van der Waals surface area contributed by atoms with Crippen LogP contribution in [0.5, 0.6) is 5.75 Å². The number of benzene rings is 1. The lowest BCUT2D eigenvalue weighted by Gasteiger charge is -2.23. The van der Waals surface area contributed by atoms with E-state index < -0.39 is 22.0 Å². The quantitative estimate of drug-likeness (QED) is 0.816. The Morgan fingerprint density at radius 3 is 1.95 bits per heavy atom. The molecule has 0 saturated carbocycles. The molecule has 0 spiro atoms. The molecule has 3 N–H and O–H groups in total. The van der Waals surface area contributed by atoms with Gasteiger partial charge in [0.15, 0.2) is 11.6 Å². The highest BCUT2D eigenvalue weighted by Crippen LogP contribution is 2.16. The summed E-state index contributed by atoms with van der Waals surface area (Å²) < 4.78 is 44.9. The van der Waals surface area contributed by atoms with Gasteiger partial charge in [0.25, 0.3) is 0 Å². The molecule has 0 aliphatic rings. The molecule has 0 unspecified atom stereocenters. The summed E-state index contributed by atoms with van der Waals surface area (Å²) in [6, 6.07) is 4.85. The molecule has 0 fully saturated rings. The Morgan fingerprint density at radius 1 is 1.20 bits per heavy atom. The van der Waals surface area contributed by atoms with Gasteiger partial charge in [0.05, 0.1) is 0 Å². The average Bonchev–Trinajstić information content (AvgIpc) is 2.40. The molecule has 1 aromatic carbocycles. The third-order valence-electron chi connectivity index (χ3n) is 3.14. The molecule has 0 bridgehead atoms. The van der Waals surface area contributed by atoms with Crippen LogP contribution in [0, 0.1) is 5.82 Å². The fraction of sp³-hybridized carbons (Fsp3) is 0.538. The van der Waals surface area contributed by atoms with Crippen LogP contribution in [0.4, 0.5) is 4.39 Å². The molecule has 0 aromatic heterocycles. The Labute approximate surface area is 119 Å². The van der Waals surface area contributed by atoms with E-state index in [1.54, 1.807) is 0 Å². The summed E-state index contributed by atoms with van der Waals surface area (Å²) in [5, 5.41) is 0. The van der Waals surface area contributed by atoms with Crippen LogP contribution < -0.4 is 9.92 Å². The number of para-hydroxylation sites is 1. The largest absolute Gasteiger partial charge is 0.446 e. The van der Waals surface area contributed by atoms with E-state index in [0.717, 1.165) is 31.4 Å².